The summed E-state index contributed by atoms with van der Waals surface area (Å²) >= 11 is 0. The summed E-state index contributed by atoms with van der Waals surface area (Å²) in [6.07, 6.45) is 4.75. The Kier molecular flexibility index (Phi) is 5.06. The number of pyridine rings is 2. The molecule has 0 aliphatic carbocycles. The second kappa shape index (κ2) is 7.43. The molecule has 3 heterocycles. The van der Waals surface area contributed by atoms with E-state index < -0.39 is 0 Å². The van der Waals surface area contributed by atoms with Gasteiger partial charge in [0.1, 0.15) is 11.5 Å². The number of aromatic amines is 1. The Morgan fingerprint density at radius 2 is 2.19 bits per heavy atom. The van der Waals surface area contributed by atoms with E-state index in [0.717, 1.165) is 16.9 Å². The van der Waals surface area contributed by atoms with Crippen LogP contribution in [-0.2, 0) is 4.79 Å². The van der Waals surface area contributed by atoms with Crippen LogP contribution < -0.4 is 16.2 Å². The third kappa shape index (κ3) is 3.61. The number of rotatable bonds is 6. The molecule has 3 N–H and O–H groups in total. The van der Waals surface area contributed by atoms with Crippen molar-refractivity contribution in [2.75, 3.05) is 30.8 Å². The molecule has 2 aromatic heterocycles. The zero-order chi connectivity index (χ0) is 18.7. The van der Waals surface area contributed by atoms with Crippen molar-refractivity contribution in [1.29, 1.82) is 0 Å². The number of likely N-dealkylation sites (tertiary alicyclic amines) is 1. The van der Waals surface area contributed by atoms with Gasteiger partial charge in [0.25, 0.3) is 5.56 Å². The van der Waals surface area contributed by atoms with Crippen molar-refractivity contribution in [1.82, 2.24) is 14.9 Å². The molecule has 1 aliphatic rings. The summed E-state index contributed by atoms with van der Waals surface area (Å²) < 4.78 is 0. The predicted molar refractivity (Wildman–Crippen MR) is 103 cm³/mol. The molecule has 1 amide bonds. The largest absolute Gasteiger partial charge is 0.378 e. The highest BCUT2D eigenvalue weighted by Gasteiger charge is 2.33. The number of carbonyl (C=O) groups is 1. The van der Waals surface area contributed by atoms with Gasteiger partial charge in [-0.05, 0) is 36.8 Å². The van der Waals surface area contributed by atoms with Crippen molar-refractivity contribution in [3.05, 3.63) is 53.6 Å². The van der Waals surface area contributed by atoms with E-state index in [2.05, 4.69) is 27.2 Å². The fourth-order valence-electron chi connectivity index (χ4n) is 3.01. The smallest absolute Gasteiger partial charge is 0.271 e. The van der Waals surface area contributed by atoms with Crippen molar-refractivity contribution in [3.63, 3.8) is 0 Å². The lowest BCUT2D eigenvalue weighted by atomic mass is 9.92. The quantitative estimate of drug-likeness (QED) is 0.691. The second-order valence-electron chi connectivity index (χ2n) is 6.45. The van der Waals surface area contributed by atoms with Crippen molar-refractivity contribution >= 4 is 17.4 Å². The topological polar surface area (TPSA) is 90.1 Å². The third-order valence-corrected chi connectivity index (χ3v) is 4.74. The molecular weight excluding hydrogens is 330 g/mol. The molecule has 3 rings (SSSR count). The Hall–Kier alpha value is -3.09. The molecule has 7 heteroatoms. The van der Waals surface area contributed by atoms with Gasteiger partial charge in [-0.3, -0.25) is 9.59 Å². The average molecular weight is 353 g/mol. The summed E-state index contributed by atoms with van der Waals surface area (Å²) in [7, 11) is 1.81. The van der Waals surface area contributed by atoms with Gasteiger partial charge in [-0.1, -0.05) is 6.58 Å². The van der Waals surface area contributed by atoms with Crippen LogP contribution in [0.15, 0.2) is 48.0 Å². The number of nitrogens with zero attached hydrogens (tertiary/aromatic N) is 2. The number of carbonyl (C=O) groups excluding carboxylic acids is 1. The first-order valence-corrected chi connectivity index (χ1v) is 8.56. The molecule has 0 bridgehead atoms. The fraction of sp³-hybridized carbons (Fsp3) is 0.316. The monoisotopic (exact) mass is 353 g/mol. The lowest BCUT2D eigenvalue weighted by Crippen LogP contribution is -2.55. The van der Waals surface area contributed by atoms with Crippen LogP contribution in [0.2, 0.25) is 0 Å². The highest BCUT2D eigenvalue weighted by Crippen LogP contribution is 2.24. The fourth-order valence-corrected chi connectivity index (χ4v) is 3.01. The van der Waals surface area contributed by atoms with E-state index in [1.165, 1.54) is 6.08 Å². The van der Waals surface area contributed by atoms with Gasteiger partial charge in [0.15, 0.2) is 0 Å². The Morgan fingerprint density at radius 1 is 1.42 bits per heavy atom. The normalized spacial score (nSPS) is 15.1. The molecule has 0 saturated carbocycles. The third-order valence-electron chi connectivity index (χ3n) is 4.74. The predicted octanol–water partition coefficient (Wildman–Crippen LogP) is 1.92. The summed E-state index contributed by atoms with van der Waals surface area (Å²) in [5, 5.41) is 6.30. The molecule has 1 fully saturated rings. The van der Waals surface area contributed by atoms with Crippen LogP contribution in [-0.4, -0.2) is 47.0 Å². The van der Waals surface area contributed by atoms with Crippen LogP contribution in [0.4, 0.5) is 11.5 Å². The summed E-state index contributed by atoms with van der Waals surface area (Å²) in [6, 6.07) is 5.73. The van der Waals surface area contributed by atoms with E-state index in [1.807, 2.05) is 32.2 Å². The van der Waals surface area contributed by atoms with Gasteiger partial charge in [-0.2, -0.15) is 0 Å². The first-order valence-electron chi connectivity index (χ1n) is 8.56. The van der Waals surface area contributed by atoms with Gasteiger partial charge >= 0.3 is 0 Å². The van der Waals surface area contributed by atoms with E-state index in [4.69, 9.17) is 0 Å². The minimum atomic E-state index is -0.165. The molecule has 136 valence electrons. The summed E-state index contributed by atoms with van der Waals surface area (Å²) in [5.74, 6) is 1.02. The van der Waals surface area contributed by atoms with Gasteiger partial charge in [0.05, 0.1) is 0 Å². The van der Waals surface area contributed by atoms with Gasteiger partial charge in [0, 0.05) is 50.1 Å². The van der Waals surface area contributed by atoms with E-state index in [1.54, 1.807) is 17.3 Å². The maximum atomic E-state index is 12.2. The summed E-state index contributed by atoms with van der Waals surface area (Å²) in [4.78, 5) is 32.5. The highest BCUT2D eigenvalue weighted by atomic mass is 16.2. The van der Waals surface area contributed by atoms with Crippen molar-refractivity contribution in [2.45, 2.75) is 13.0 Å². The standard InChI is InChI=1S/C19H23N5O2/c1-4-18(25)24-10-15(11-24)12(2)23-16-7-14(9-22-19(16)26)13-5-6-21-17(8-13)20-3/h4-9,12,15,23H,1,10-11H2,2-3H3,(H,20,21)(H,22,26). The number of hydrogen-bond acceptors (Lipinski definition) is 5. The van der Waals surface area contributed by atoms with Crippen molar-refractivity contribution in [3.8, 4) is 11.1 Å². The van der Waals surface area contributed by atoms with Crippen LogP contribution in [0.3, 0.4) is 0 Å². The lowest BCUT2D eigenvalue weighted by molar-refractivity contribution is -0.132. The zero-order valence-corrected chi connectivity index (χ0v) is 15.0. The maximum Gasteiger partial charge on any atom is 0.271 e. The number of anilines is 2. The van der Waals surface area contributed by atoms with Crippen LogP contribution in [0.5, 0.6) is 0 Å². The minimum Gasteiger partial charge on any atom is -0.378 e. The Bertz CT molecular complexity index is 870. The molecule has 7 nitrogen and oxygen atoms in total. The van der Waals surface area contributed by atoms with Crippen LogP contribution in [0.25, 0.3) is 11.1 Å². The molecule has 1 atom stereocenters. The summed E-state index contributed by atoms with van der Waals surface area (Å²) in [6.45, 7) is 6.87. The average Bonchev–Trinajstić information content (AvgIpc) is 2.62. The molecule has 26 heavy (non-hydrogen) atoms. The second-order valence-corrected chi connectivity index (χ2v) is 6.45. The number of amides is 1. The van der Waals surface area contributed by atoms with Gasteiger partial charge in [0.2, 0.25) is 5.91 Å². The number of nitrogens with one attached hydrogen (secondary N) is 3. The number of H-pyrrole nitrogens is 1. The van der Waals surface area contributed by atoms with Crippen LogP contribution >= 0.6 is 0 Å². The Morgan fingerprint density at radius 3 is 2.88 bits per heavy atom. The lowest BCUT2D eigenvalue weighted by Gasteiger charge is -2.42. The minimum absolute atomic E-state index is 0.0497. The SMILES string of the molecule is C=CC(=O)N1CC(C(C)Nc2cc(-c3ccnc(NC)c3)c[nH]c2=O)C1. The summed E-state index contributed by atoms with van der Waals surface area (Å²) in [5.41, 5.74) is 2.21. The molecule has 0 spiro atoms. The molecule has 2 aromatic rings. The van der Waals surface area contributed by atoms with Crippen LogP contribution in [0.1, 0.15) is 6.92 Å². The molecule has 1 unspecified atom stereocenters. The molecular formula is C19H23N5O2. The van der Waals surface area contributed by atoms with E-state index in [-0.39, 0.29) is 17.5 Å². The Labute approximate surface area is 152 Å². The van der Waals surface area contributed by atoms with E-state index in [0.29, 0.717) is 24.7 Å². The van der Waals surface area contributed by atoms with Crippen molar-refractivity contribution < 1.29 is 4.79 Å². The van der Waals surface area contributed by atoms with Gasteiger partial charge in [-0.15, -0.1) is 0 Å². The highest BCUT2D eigenvalue weighted by molar-refractivity contribution is 5.87. The van der Waals surface area contributed by atoms with Crippen molar-refractivity contribution in [2.24, 2.45) is 5.92 Å². The molecule has 1 saturated heterocycles. The van der Waals surface area contributed by atoms with E-state index in [9.17, 15) is 9.59 Å². The first-order chi connectivity index (χ1) is 12.5. The number of aromatic nitrogens is 2. The number of hydrogen-bond donors (Lipinski definition) is 3. The maximum absolute atomic E-state index is 12.2. The molecule has 1 aliphatic heterocycles. The van der Waals surface area contributed by atoms with Gasteiger partial charge < -0.3 is 20.5 Å². The van der Waals surface area contributed by atoms with Gasteiger partial charge in [-0.25, -0.2) is 4.98 Å². The Balaban J connectivity index is 1.73. The van der Waals surface area contributed by atoms with Crippen LogP contribution in [0, 0.1) is 5.92 Å². The van der Waals surface area contributed by atoms with E-state index >= 15 is 0 Å². The molecule has 0 aromatic carbocycles. The molecule has 0 radical (unpaired) electrons. The zero-order valence-electron chi connectivity index (χ0n) is 15.0. The first kappa shape index (κ1) is 17.7.